The van der Waals surface area contributed by atoms with Crippen LogP contribution >= 0.6 is 23.2 Å². The van der Waals surface area contributed by atoms with Gasteiger partial charge in [-0.1, -0.05) is 49.2 Å². The van der Waals surface area contributed by atoms with E-state index in [1.54, 1.807) is 50.2 Å². The fourth-order valence-electron chi connectivity index (χ4n) is 2.39. The molecule has 0 atom stereocenters. The first-order valence-electron chi connectivity index (χ1n) is 8.35. The molecule has 0 spiro atoms. The number of likely N-dealkylation sites (N-methyl/N-ethyl adjacent to an activating group) is 1. The molecule has 0 radical (unpaired) electrons. The summed E-state index contributed by atoms with van der Waals surface area (Å²) in [6, 6.07) is 11.4. The quantitative estimate of drug-likeness (QED) is 0.738. The molecule has 0 aliphatic carbocycles. The Bertz CT molecular complexity index is 881. The molecule has 0 aliphatic heterocycles. The smallest absolute Gasteiger partial charge is 0.246 e. The van der Waals surface area contributed by atoms with Gasteiger partial charge in [-0.05, 0) is 30.3 Å². The molecule has 0 bridgehead atoms. The van der Waals surface area contributed by atoms with Gasteiger partial charge in [0.15, 0.2) is 5.78 Å². The van der Waals surface area contributed by atoms with E-state index < -0.39 is 0 Å². The third-order valence-electron chi connectivity index (χ3n) is 4.00. The van der Waals surface area contributed by atoms with Crippen LogP contribution in [0.3, 0.4) is 0 Å². The minimum atomic E-state index is -0.362. The van der Waals surface area contributed by atoms with Gasteiger partial charge in [0.1, 0.15) is 0 Å². The fraction of sp³-hybridized carbons (Fsp3) is 0.250. The van der Waals surface area contributed by atoms with Crippen LogP contribution in [0.2, 0.25) is 10.0 Å². The molecule has 2 rings (SSSR count). The molecular formula is C20H20Cl2N2O3. The third-order valence-corrected chi connectivity index (χ3v) is 4.56. The summed E-state index contributed by atoms with van der Waals surface area (Å²) >= 11 is 12.2. The van der Waals surface area contributed by atoms with Crippen molar-refractivity contribution in [2.24, 2.45) is 5.92 Å². The minimum Gasteiger partial charge on any atom is -0.347 e. The number of ketones is 1. The van der Waals surface area contributed by atoms with E-state index in [9.17, 15) is 14.4 Å². The molecule has 2 aromatic carbocycles. The van der Waals surface area contributed by atoms with Crippen LogP contribution in [0.25, 0.3) is 0 Å². The molecule has 2 amide bonds. The second-order valence-electron chi connectivity index (χ2n) is 6.30. The molecule has 2 aromatic rings. The van der Waals surface area contributed by atoms with Crippen LogP contribution in [0, 0.1) is 5.92 Å². The zero-order valence-corrected chi connectivity index (χ0v) is 16.8. The standard InChI is InChI=1S/C20H20Cl2N2O3/c1-12(2)20(27)23-11-18(25)24(3)17-9-8-13(21)10-15(17)19(26)14-6-4-5-7-16(14)22/h4-10,12H,11H2,1-3H3,(H,23,27). The highest BCUT2D eigenvalue weighted by Crippen LogP contribution is 2.28. The highest BCUT2D eigenvalue weighted by atomic mass is 35.5. The minimum absolute atomic E-state index is 0.171. The average Bonchev–Trinajstić information content (AvgIpc) is 2.64. The molecule has 142 valence electrons. The Kier molecular flexibility index (Phi) is 6.99. The largest absolute Gasteiger partial charge is 0.347 e. The van der Waals surface area contributed by atoms with E-state index in [0.717, 1.165) is 0 Å². The van der Waals surface area contributed by atoms with Crippen molar-refractivity contribution >= 4 is 46.5 Å². The lowest BCUT2D eigenvalue weighted by Gasteiger charge is -2.21. The van der Waals surface area contributed by atoms with E-state index in [1.165, 1.54) is 18.0 Å². The van der Waals surface area contributed by atoms with Crippen LogP contribution < -0.4 is 10.2 Å². The fourth-order valence-corrected chi connectivity index (χ4v) is 2.79. The molecule has 0 heterocycles. The molecule has 5 nitrogen and oxygen atoms in total. The molecule has 0 aromatic heterocycles. The van der Waals surface area contributed by atoms with Crippen molar-refractivity contribution in [3.05, 3.63) is 63.6 Å². The van der Waals surface area contributed by atoms with Crippen molar-refractivity contribution in [3.63, 3.8) is 0 Å². The van der Waals surface area contributed by atoms with Gasteiger partial charge >= 0.3 is 0 Å². The first-order chi connectivity index (χ1) is 12.7. The van der Waals surface area contributed by atoms with E-state index in [0.29, 0.717) is 21.3 Å². The number of benzene rings is 2. The predicted molar refractivity (Wildman–Crippen MR) is 108 cm³/mol. The predicted octanol–water partition coefficient (Wildman–Crippen LogP) is 3.96. The van der Waals surface area contributed by atoms with Crippen LogP contribution in [0.5, 0.6) is 0 Å². The molecule has 0 fully saturated rings. The number of nitrogens with one attached hydrogen (secondary N) is 1. The lowest BCUT2D eigenvalue weighted by atomic mass is 10.0. The molecule has 7 heteroatoms. The Hall–Kier alpha value is -2.37. The monoisotopic (exact) mass is 406 g/mol. The SMILES string of the molecule is CC(C)C(=O)NCC(=O)N(C)c1ccc(Cl)cc1C(=O)c1ccccc1Cl. The second-order valence-corrected chi connectivity index (χ2v) is 7.14. The Morgan fingerprint density at radius 3 is 2.33 bits per heavy atom. The van der Waals surface area contributed by atoms with Crippen molar-refractivity contribution in [3.8, 4) is 0 Å². The number of halogens is 2. The molecule has 0 unspecified atom stereocenters. The summed E-state index contributed by atoms with van der Waals surface area (Å²) in [6.07, 6.45) is 0. The molecule has 0 saturated carbocycles. The zero-order valence-electron chi connectivity index (χ0n) is 15.3. The number of hydrogen-bond acceptors (Lipinski definition) is 3. The second kappa shape index (κ2) is 9.02. The van der Waals surface area contributed by atoms with E-state index in [1.807, 2.05) is 0 Å². The maximum Gasteiger partial charge on any atom is 0.246 e. The van der Waals surface area contributed by atoms with Crippen molar-refractivity contribution < 1.29 is 14.4 Å². The average molecular weight is 407 g/mol. The topological polar surface area (TPSA) is 66.5 Å². The Morgan fingerprint density at radius 1 is 1.04 bits per heavy atom. The van der Waals surface area contributed by atoms with Gasteiger partial charge in [-0.15, -0.1) is 0 Å². The molecule has 0 aliphatic rings. The highest BCUT2D eigenvalue weighted by molar-refractivity contribution is 6.36. The number of rotatable bonds is 6. The summed E-state index contributed by atoms with van der Waals surface area (Å²) in [5.41, 5.74) is 0.950. The van der Waals surface area contributed by atoms with Crippen molar-refractivity contribution in [2.75, 3.05) is 18.5 Å². The summed E-state index contributed by atoms with van der Waals surface area (Å²) in [5, 5.41) is 3.25. The molecular weight excluding hydrogens is 387 g/mol. The van der Waals surface area contributed by atoms with Crippen LogP contribution in [-0.4, -0.2) is 31.2 Å². The number of carbonyl (C=O) groups is 3. The van der Waals surface area contributed by atoms with Gasteiger partial charge < -0.3 is 10.2 Å². The van der Waals surface area contributed by atoms with Crippen LogP contribution in [0.4, 0.5) is 5.69 Å². The first-order valence-corrected chi connectivity index (χ1v) is 9.11. The van der Waals surface area contributed by atoms with E-state index >= 15 is 0 Å². The van der Waals surface area contributed by atoms with Crippen molar-refractivity contribution in [1.29, 1.82) is 0 Å². The Balaban J connectivity index is 2.32. The Labute approximate surface area is 168 Å². The first kappa shape index (κ1) is 20.9. The van der Waals surface area contributed by atoms with Crippen molar-refractivity contribution in [1.82, 2.24) is 5.32 Å². The summed E-state index contributed by atoms with van der Waals surface area (Å²) in [4.78, 5) is 38.4. The molecule has 0 saturated heterocycles. The number of carbonyl (C=O) groups excluding carboxylic acids is 3. The number of hydrogen-bond donors (Lipinski definition) is 1. The maximum absolute atomic E-state index is 13.0. The third kappa shape index (κ3) is 5.08. The van der Waals surface area contributed by atoms with Gasteiger partial charge in [0, 0.05) is 29.1 Å². The van der Waals surface area contributed by atoms with E-state index in [2.05, 4.69) is 5.32 Å². The van der Waals surface area contributed by atoms with Gasteiger partial charge in [-0.2, -0.15) is 0 Å². The van der Waals surface area contributed by atoms with E-state index in [4.69, 9.17) is 23.2 Å². The number of nitrogens with zero attached hydrogens (tertiary/aromatic N) is 1. The van der Waals surface area contributed by atoms with Gasteiger partial charge in [0.05, 0.1) is 17.3 Å². The summed E-state index contributed by atoms with van der Waals surface area (Å²) in [5.74, 6) is -1.15. The Morgan fingerprint density at radius 2 is 1.70 bits per heavy atom. The highest BCUT2D eigenvalue weighted by Gasteiger charge is 2.22. The van der Waals surface area contributed by atoms with E-state index in [-0.39, 0.29) is 35.6 Å². The van der Waals surface area contributed by atoms with Crippen LogP contribution in [0.15, 0.2) is 42.5 Å². The van der Waals surface area contributed by atoms with Gasteiger partial charge in [-0.25, -0.2) is 0 Å². The lowest BCUT2D eigenvalue weighted by Crippen LogP contribution is -2.40. The van der Waals surface area contributed by atoms with Crippen LogP contribution in [-0.2, 0) is 9.59 Å². The van der Waals surface area contributed by atoms with Gasteiger partial charge in [-0.3, -0.25) is 14.4 Å². The zero-order chi connectivity index (χ0) is 20.1. The molecule has 27 heavy (non-hydrogen) atoms. The summed E-state index contributed by atoms with van der Waals surface area (Å²) < 4.78 is 0. The normalized spacial score (nSPS) is 10.6. The van der Waals surface area contributed by atoms with Crippen molar-refractivity contribution in [2.45, 2.75) is 13.8 Å². The lowest BCUT2D eigenvalue weighted by molar-refractivity contribution is -0.126. The number of amides is 2. The van der Waals surface area contributed by atoms with Crippen LogP contribution in [0.1, 0.15) is 29.8 Å². The summed E-state index contributed by atoms with van der Waals surface area (Å²) in [6.45, 7) is 3.31. The maximum atomic E-state index is 13.0. The summed E-state index contributed by atoms with van der Waals surface area (Å²) in [7, 11) is 1.54. The molecule has 1 N–H and O–H groups in total. The van der Waals surface area contributed by atoms with Gasteiger partial charge in [0.2, 0.25) is 11.8 Å². The number of anilines is 1. The van der Waals surface area contributed by atoms with Gasteiger partial charge in [0.25, 0.3) is 0 Å².